The van der Waals surface area contributed by atoms with Crippen molar-refractivity contribution < 1.29 is 5.11 Å². The maximum Gasteiger partial charge on any atom is 0.0571 e. The highest BCUT2D eigenvalue weighted by atomic mass is 16.3. The zero-order valence-electron chi connectivity index (χ0n) is 16.5. The number of aliphatic hydroxyl groups excluding tert-OH is 1. The molecule has 1 nitrogen and oxygen atoms in total. The summed E-state index contributed by atoms with van der Waals surface area (Å²) in [5.74, 6) is 0.441. The Hall–Kier alpha value is -0.0400. The Labute approximate surface area is 147 Å². The summed E-state index contributed by atoms with van der Waals surface area (Å²) < 4.78 is 0. The van der Waals surface area contributed by atoms with Gasteiger partial charge in [-0.05, 0) is 25.2 Å². The Morgan fingerprint density at radius 1 is 0.609 bits per heavy atom. The van der Waals surface area contributed by atoms with Crippen LogP contribution in [0, 0.1) is 12.3 Å². The van der Waals surface area contributed by atoms with Crippen LogP contribution in [0.25, 0.3) is 0 Å². The molecule has 0 saturated heterocycles. The van der Waals surface area contributed by atoms with Crippen molar-refractivity contribution in [1.82, 2.24) is 0 Å². The van der Waals surface area contributed by atoms with Crippen molar-refractivity contribution in [2.24, 2.45) is 5.92 Å². The van der Waals surface area contributed by atoms with Gasteiger partial charge in [0, 0.05) is 0 Å². The molecule has 0 aliphatic carbocycles. The van der Waals surface area contributed by atoms with Crippen molar-refractivity contribution >= 4 is 0 Å². The molecule has 0 rings (SSSR count). The highest BCUT2D eigenvalue weighted by Crippen LogP contribution is 2.24. The fraction of sp³-hybridized carbons (Fsp3) is 0.955. The SMILES string of the molecule is CCC[CH]C(CCCCCCCCC)C(O)CCCCCCC. The molecular formula is C22H45O. The van der Waals surface area contributed by atoms with Gasteiger partial charge in [-0.15, -0.1) is 0 Å². The Morgan fingerprint density at radius 3 is 1.61 bits per heavy atom. The van der Waals surface area contributed by atoms with E-state index in [-0.39, 0.29) is 6.10 Å². The van der Waals surface area contributed by atoms with Crippen LogP contribution in [0.1, 0.15) is 124 Å². The van der Waals surface area contributed by atoms with Gasteiger partial charge in [0.25, 0.3) is 0 Å². The minimum absolute atomic E-state index is 0.0942. The molecule has 0 fully saturated rings. The lowest BCUT2D eigenvalue weighted by Crippen LogP contribution is -2.21. The van der Waals surface area contributed by atoms with Crippen molar-refractivity contribution in [3.05, 3.63) is 6.42 Å². The van der Waals surface area contributed by atoms with E-state index in [2.05, 4.69) is 27.2 Å². The highest BCUT2D eigenvalue weighted by Gasteiger charge is 2.18. The van der Waals surface area contributed by atoms with Crippen LogP contribution in [-0.2, 0) is 0 Å². The summed E-state index contributed by atoms with van der Waals surface area (Å²) in [4.78, 5) is 0. The van der Waals surface area contributed by atoms with Crippen molar-refractivity contribution in [3.63, 3.8) is 0 Å². The molecule has 1 radical (unpaired) electrons. The maximum absolute atomic E-state index is 10.5. The van der Waals surface area contributed by atoms with Crippen LogP contribution >= 0.6 is 0 Å². The Balaban J connectivity index is 3.80. The van der Waals surface area contributed by atoms with Crippen LogP contribution in [0.3, 0.4) is 0 Å². The van der Waals surface area contributed by atoms with E-state index in [1.54, 1.807) is 0 Å². The molecule has 0 amide bonds. The maximum atomic E-state index is 10.5. The molecule has 0 heterocycles. The average Bonchev–Trinajstić information content (AvgIpc) is 2.56. The predicted octanol–water partition coefficient (Wildman–Crippen LogP) is 7.47. The smallest absolute Gasteiger partial charge is 0.0571 e. The molecule has 0 aromatic heterocycles. The molecule has 0 saturated carbocycles. The fourth-order valence-corrected chi connectivity index (χ4v) is 3.36. The first-order valence-electron chi connectivity index (χ1n) is 10.8. The van der Waals surface area contributed by atoms with Gasteiger partial charge >= 0.3 is 0 Å². The molecule has 0 aliphatic heterocycles. The average molecular weight is 326 g/mol. The molecule has 2 atom stereocenters. The van der Waals surface area contributed by atoms with Gasteiger partial charge in [0.2, 0.25) is 0 Å². The molecule has 0 aromatic rings. The topological polar surface area (TPSA) is 20.2 Å². The third kappa shape index (κ3) is 15.2. The van der Waals surface area contributed by atoms with E-state index in [1.807, 2.05) is 0 Å². The molecule has 0 spiro atoms. The van der Waals surface area contributed by atoms with Gasteiger partial charge < -0.3 is 5.11 Å². The molecule has 1 N–H and O–H groups in total. The summed E-state index contributed by atoms with van der Waals surface area (Å²) in [5.41, 5.74) is 0. The number of rotatable bonds is 18. The quantitative estimate of drug-likeness (QED) is 0.259. The van der Waals surface area contributed by atoms with E-state index >= 15 is 0 Å². The van der Waals surface area contributed by atoms with Gasteiger partial charge in [0.15, 0.2) is 0 Å². The van der Waals surface area contributed by atoms with Gasteiger partial charge in [-0.25, -0.2) is 0 Å². The van der Waals surface area contributed by atoms with E-state index in [4.69, 9.17) is 0 Å². The standard InChI is InChI=1S/C22H45O/c1-4-7-10-12-13-15-16-19-21(18-9-6-3)22(23)20-17-14-11-8-5-2/h18,21-23H,4-17,19-20H2,1-3H3. The number of hydrogen-bond donors (Lipinski definition) is 1. The fourth-order valence-electron chi connectivity index (χ4n) is 3.36. The van der Waals surface area contributed by atoms with E-state index in [1.165, 1.54) is 89.9 Å². The lowest BCUT2D eigenvalue weighted by Gasteiger charge is -2.23. The third-order valence-electron chi connectivity index (χ3n) is 5.00. The normalized spacial score (nSPS) is 14.1. The molecule has 1 heteroatoms. The van der Waals surface area contributed by atoms with E-state index in [9.17, 15) is 5.11 Å². The first kappa shape index (κ1) is 23.0. The second kappa shape index (κ2) is 18.3. The van der Waals surface area contributed by atoms with Crippen LogP contribution < -0.4 is 0 Å². The first-order chi connectivity index (χ1) is 11.3. The van der Waals surface area contributed by atoms with Crippen molar-refractivity contribution in [1.29, 1.82) is 0 Å². The van der Waals surface area contributed by atoms with Crippen LogP contribution in [0.5, 0.6) is 0 Å². The molecular weight excluding hydrogens is 280 g/mol. The van der Waals surface area contributed by atoms with Gasteiger partial charge in [0.1, 0.15) is 0 Å². The number of hydrogen-bond acceptors (Lipinski definition) is 1. The van der Waals surface area contributed by atoms with Crippen LogP contribution in [0.2, 0.25) is 0 Å². The molecule has 0 bridgehead atoms. The van der Waals surface area contributed by atoms with Gasteiger partial charge in [-0.2, -0.15) is 0 Å². The summed E-state index contributed by atoms with van der Waals surface area (Å²) in [6.07, 6.45) is 22.9. The first-order valence-corrected chi connectivity index (χ1v) is 10.8. The minimum Gasteiger partial charge on any atom is -0.393 e. The minimum atomic E-state index is -0.0942. The Morgan fingerprint density at radius 2 is 1.09 bits per heavy atom. The largest absolute Gasteiger partial charge is 0.393 e. The zero-order chi connectivity index (χ0) is 17.2. The number of unbranched alkanes of at least 4 members (excludes halogenated alkanes) is 11. The summed E-state index contributed by atoms with van der Waals surface area (Å²) in [7, 11) is 0. The Bertz CT molecular complexity index is 214. The van der Waals surface area contributed by atoms with Crippen molar-refractivity contribution in [2.45, 2.75) is 130 Å². The van der Waals surface area contributed by atoms with Crippen LogP contribution in [0.4, 0.5) is 0 Å². The summed E-state index contributed by atoms with van der Waals surface area (Å²) in [5, 5.41) is 10.5. The lowest BCUT2D eigenvalue weighted by atomic mass is 9.87. The van der Waals surface area contributed by atoms with E-state index < -0.39 is 0 Å². The van der Waals surface area contributed by atoms with Crippen LogP contribution in [0.15, 0.2) is 0 Å². The van der Waals surface area contributed by atoms with Crippen LogP contribution in [-0.4, -0.2) is 11.2 Å². The second-order valence-corrected chi connectivity index (χ2v) is 7.37. The summed E-state index contributed by atoms with van der Waals surface area (Å²) >= 11 is 0. The Kier molecular flexibility index (Phi) is 18.3. The molecule has 0 aromatic carbocycles. The third-order valence-corrected chi connectivity index (χ3v) is 5.00. The van der Waals surface area contributed by atoms with E-state index in [0.29, 0.717) is 5.92 Å². The highest BCUT2D eigenvalue weighted by molar-refractivity contribution is 4.82. The second-order valence-electron chi connectivity index (χ2n) is 7.37. The molecule has 0 aliphatic rings. The van der Waals surface area contributed by atoms with Crippen molar-refractivity contribution in [3.8, 4) is 0 Å². The van der Waals surface area contributed by atoms with Crippen molar-refractivity contribution in [2.75, 3.05) is 0 Å². The molecule has 2 unspecified atom stereocenters. The van der Waals surface area contributed by atoms with Gasteiger partial charge in [-0.1, -0.05) is 111 Å². The summed E-state index contributed by atoms with van der Waals surface area (Å²) in [6.45, 7) is 6.77. The molecule has 23 heavy (non-hydrogen) atoms. The monoisotopic (exact) mass is 325 g/mol. The lowest BCUT2D eigenvalue weighted by molar-refractivity contribution is 0.103. The molecule has 139 valence electrons. The van der Waals surface area contributed by atoms with Gasteiger partial charge in [0.05, 0.1) is 6.10 Å². The van der Waals surface area contributed by atoms with Gasteiger partial charge in [-0.3, -0.25) is 0 Å². The van der Waals surface area contributed by atoms with E-state index in [0.717, 1.165) is 12.8 Å². The predicted molar refractivity (Wildman–Crippen MR) is 105 cm³/mol. The number of aliphatic hydroxyl groups is 1. The summed E-state index contributed by atoms with van der Waals surface area (Å²) in [6, 6.07) is 0. The zero-order valence-corrected chi connectivity index (χ0v) is 16.5.